The molecule has 0 aromatic heterocycles. The number of hydrogen-bond acceptors (Lipinski definition) is 4. The van der Waals surface area contributed by atoms with E-state index in [0.29, 0.717) is 21.3 Å². The molecule has 1 aliphatic heterocycles. The predicted octanol–water partition coefficient (Wildman–Crippen LogP) is 2.71. The van der Waals surface area contributed by atoms with Crippen LogP contribution >= 0.6 is 0 Å². The lowest BCUT2D eigenvalue weighted by molar-refractivity contribution is 0.595. The van der Waals surface area contributed by atoms with Crippen molar-refractivity contribution >= 4 is 19.7 Å². The van der Waals surface area contributed by atoms with Gasteiger partial charge in [-0.1, -0.05) is 36.4 Å². The van der Waals surface area contributed by atoms with E-state index in [1.54, 1.807) is 60.7 Å². The highest BCUT2D eigenvalue weighted by Crippen LogP contribution is 2.19. The second kappa shape index (κ2) is 7.07. The van der Waals surface area contributed by atoms with E-state index in [9.17, 15) is 16.8 Å². The average molecular weight is 338 g/mol. The summed E-state index contributed by atoms with van der Waals surface area (Å²) in [5.74, 6) is 0.847. The molecule has 0 aliphatic carbocycles. The molecular weight excluding hydrogens is 320 g/mol. The van der Waals surface area contributed by atoms with Gasteiger partial charge < -0.3 is 0 Å². The van der Waals surface area contributed by atoms with Gasteiger partial charge in [-0.15, -0.1) is 0 Å². The van der Waals surface area contributed by atoms with Crippen molar-refractivity contribution in [1.82, 2.24) is 0 Å². The van der Waals surface area contributed by atoms with Gasteiger partial charge in [0.1, 0.15) is 9.84 Å². The van der Waals surface area contributed by atoms with Gasteiger partial charge in [0, 0.05) is 0 Å². The maximum atomic E-state index is 12.0. The molecule has 22 heavy (non-hydrogen) atoms. The number of rotatable bonds is 2. The Morgan fingerprint density at radius 1 is 0.682 bits per heavy atom. The summed E-state index contributed by atoms with van der Waals surface area (Å²) in [6.07, 6.45) is 1.75. The van der Waals surface area contributed by atoms with Crippen LogP contribution in [-0.4, -0.2) is 28.3 Å². The van der Waals surface area contributed by atoms with Crippen LogP contribution in [-0.2, 0) is 19.7 Å². The normalized spacial score (nSPS) is 16.5. The van der Waals surface area contributed by atoms with Gasteiger partial charge in [-0.05, 0) is 37.1 Å². The zero-order chi connectivity index (χ0) is 16.1. The maximum absolute atomic E-state index is 12.0. The Balaban J connectivity index is 0.000000211. The molecule has 4 nitrogen and oxygen atoms in total. The quantitative estimate of drug-likeness (QED) is 0.844. The van der Waals surface area contributed by atoms with Crippen LogP contribution in [0.5, 0.6) is 0 Å². The Bertz CT molecular complexity index is 738. The summed E-state index contributed by atoms with van der Waals surface area (Å²) in [7, 11) is -5.89. The van der Waals surface area contributed by atoms with Crippen molar-refractivity contribution in [2.75, 3.05) is 11.5 Å². The average Bonchev–Trinajstić information content (AvgIpc) is 2.94. The van der Waals surface area contributed by atoms with E-state index in [1.807, 2.05) is 0 Å². The van der Waals surface area contributed by atoms with Gasteiger partial charge in [0.15, 0.2) is 0 Å². The fourth-order valence-electron chi connectivity index (χ4n) is 2.08. The highest BCUT2D eigenvalue weighted by molar-refractivity contribution is 7.91. The summed E-state index contributed by atoms with van der Waals surface area (Å²) in [5.41, 5.74) is 0. The Morgan fingerprint density at radius 3 is 1.32 bits per heavy atom. The largest absolute Gasteiger partial charge is 0.229 e. The smallest absolute Gasteiger partial charge is 0.206 e. The van der Waals surface area contributed by atoms with Crippen molar-refractivity contribution < 1.29 is 16.8 Å². The Morgan fingerprint density at radius 2 is 1.05 bits per heavy atom. The topological polar surface area (TPSA) is 68.3 Å². The molecular formula is C16H18O4S2. The van der Waals surface area contributed by atoms with Gasteiger partial charge in [-0.3, -0.25) is 0 Å². The van der Waals surface area contributed by atoms with Gasteiger partial charge in [0.05, 0.1) is 21.3 Å². The summed E-state index contributed by atoms with van der Waals surface area (Å²) < 4.78 is 44.9. The highest BCUT2D eigenvalue weighted by atomic mass is 32.2. The Kier molecular flexibility index (Phi) is 5.37. The van der Waals surface area contributed by atoms with Crippen molar-refractivity contribution in [2.24, 2.45) is 0 Å². The minimum absolute atomic E-state index is 0.330. The van der Waals surface area contributed by atoms with Gasteiger partial charge in [0.2, 0.25) is 9.84 Å². The van der Waals surface area contributed by atoms with E-state index >= 15 is 0 Å². The van der Waals surface area contributed by atoms with Crippen LogP contribution in [0.2, 0.25) is 0 Å². The molecule has 2 aromatic carbocycles. The first-order valence-electron chi connectivity index (χ1n) is 6.97. The van der Waals surface area contributed by atoms with Crippen LogP contribution in [0.1, 0.15) is 12.8 Å². The summed E-state index contributed by atoms with van der Waals surface area (Å²) >= 11 is 0. The van der Waals surface area contributed by atoms with Crippen LogP contribution in [0.3, 0.4) is 0 Å². The summed E-state index contributed by atoms with van der Waals surface area (Å²) in [6.45, 7) is 0. The van der Waals surface area contributed by atoms with Gasteiger partial charge in [0.25, 0.3) is 0 Å². The molecule has 0 amide bonds. The number of hydrogen-bond donors (Lipinski definition) is 0. The van der Waals surface area contributed by atoms with Gasteiger partial charge in [-0.2, -0.15) is 0 Å². The fraction of sp³-hybridized carbons (Fsp3) is 0.250. The van der Waals surface area contributed by atoms with Crippen molar-refractivity contribution in [3.05, 3.63) is 60.7 Å². The van der Waals surface area contributed by atoms with E-state index in [0.717, 1.165) is 12.8 Å². The van der Waals surface area contributed by atoms with Crippen molar-refractivity contribution in [2.45, 2.75) is 22.6 Å². The first kappa shape index (κ1) is 16.7. The van der Waals surface area contributed by atoms with E-state index in [2.05, 4.69) is 0 Å². The molecule has 0 saturated carbocycles. The predicted molar refractivity (Wildman–Crippen MR) is 86.2 cm³/mol. The Hall–Kier alpha value is -1.66. The minimum Gasteiger partial charge on any atom is -0.229 e. The van der Waals surface area contributed by atoms with Crippen molar-refractivity contribution in [3.63, 3.8) is 0 Å². The summed E-state index contributed by atoms with van der Waals surface area (Å²) in [6, 6.07) is 16.9. The van der Waals surface area contributed by atoms with E-state index in [1.165, 1.54) is 0 Å². The number of sulfone groups is 2. The lowest BCUT2D eigenvalue weighted by Crippen LogP contribution is -2.00. The minimum atomic E-state index is -3.34. The zero-order valence-corrected chi connectivity index (χ0v) is 13.7. The number of benzene rings is 2. The molecule has 1 aliphatic rings. The molecule has 0 atom stereocenters. The molecule has 0 spiro atoms. The molecule has 2 aromatic rings. The van der Waals surface area contributed by atoms with E-state index in [-0.39, 0.29) is 0 Å². The molecule has 6 heteroatoms. The van der Waals surface area contributed by atoms with Gasteiger partial charge in [-0.25, -0.2) is 16.8 Å². The monoisotopic (exact) mass is 338 g/mol. The Labute approximate surface area is 131 Å². The van der Waals surface area contributed by atoms with Gasteiger partial charge >= 0.3 is 0 Å². The van der Waals surface area contributed by atoms with Crippen LogP contribution < -0.4 is 0 Å². The first-order valence-corrected chi connectivity index (χ1v) is 10.3. The van der Waals surface area contributed by atoms with Crippen LogP contribution in [0, 0.1) is 0 Å². The van der Waals surface area contributed by atoms with Crippen molar-refractivity contribution in [1.29, 1.82) is 0 Å². The standard InChI is InChI=1S/C12H10O2S.C4H8O2S/c13-15(14,11-7-3-1-4-8-11)12-9-5-2-6-10-12;5-7(6)3-1-2-4-7/h1-10H;1-4H2. The van der Waals surface area contributed by atoms with Crippen LogP contribution in [0.25, 0.3) is 0 Å². The molecule has 1 saturated heterocycles. The third kappa shape index (κ3) is 4.42. The van der Waals surface area contributed by atoms with Crippen LogP contribution in [0.15, 0.2) is 70.5 Å². The zero-order valence-electron chi connectivity index (χ0n) is 12.1. The second-order valence-electron chi connectivity index (χ2n) is 4.99. The molecule has 0 unspecified atom stereocenters. The summed E-state index contributed by atoms with van der Waals surface area (Å²) in [5, 5.41) is 0. The lowest BCUT2D eigenvalue weighted by Gasteiger charge is -2.03. The first-order chi connectivity index (χ1) is 10.4. The van der Waals surface area contributed by atoms with Crippen LogP contribution in [0.4, 0.5) is 0 Å². The van der Waals surface area contributed by atoms with E-state index < -0.39 is 19.7 Å². The molecule has 0 radical (unpaired) electrons. The third-order valence-corrected chi connectivity index (χ3v) is 6.87. The molecule has 1 fully saturated rings. The molecule has 0 N–H and O–H groups in total. The van der Waals surface area contributed by atoms with Crippen molar-refractivity contribution in [3.8, 4) is 0 Å². The molecule has 0 bridgehead atoms. The maximum Gasteiger partial charge on any atom is 0.206 e. The third-order valence-electron chi connectivity index (χ3n) is 3.27. The van der Waals surface area contributed by atoms with E-state index in [4.69, 9.17) is 0 Å². The SMILES string of the molecule is O=S(=O)(c1ccccc1)c1ccccc1.O=S1(=O)CCCC1. The second-order valence-corrected chi connectivity index (χ2v) is 9.24. The fourth-order valence-corrected chi connectivity index (χ4v) is 4.88. The molecule has 3 rings (SSSR count). The molecule has 118 valence electrons. The summed E-state index contributed by atoms with van der Waals surface area (Å²) in [4.78, 5) is 0.660. The highest BCUT2D eigenvalue weighted by Gasteiger charge is 2.16. The molecule has 1 heterocycles. The lowest BCUT2D eigenvalue weighted by atomic mass is 10.4.